The van der Waals surface area contributed by atoms with Crippen molar-refractivity contribution in [3.05, 3.63) is 0 Å². The Hall–Kier alpha value is 1.72. The molecule has 4 atom stereocenters. The summed E-state index contributed by atoms with van der Waals surface area (Å²) in [6.45, 7) is 2.12. The zero-order chi connectivity index (χ0) is 4.71. The molecule has 0 bridgehead atoms. The van der Waals surface area contributed by atoms with E-state index in [1.54, 1.807) is 0 Å². The molecule has 0 aromatic heterocycles. The van der Waals surface area contributed by atoms with Gasteiger partial charge in [-0.3, -0.25) is 0 Å². The van der Waals surface area contributed by atoms with Crippen molar-refractivity contribution in [2.75, 3.05) is 6.66 Å². The second-order valence-corrected chi connectivity index (χ2v) is 2.60. The van der Waals surface area contributed by atoms with Gasteiger partial charge in [-0.25, -0.2) is 0 Å². The molecule has 0 saturated heterocycles. The Bertz CT molecular complexity index is 3.61. The fraction of sp³-hybridized carbons (Fsp3) is 1.00. The molecule has 0 saturated carbocycles. The molecular formula is CH10P4. The van der Waals surface area contributed by atoms with Gasteiger partial charge in [0, 0.05) is 0 Å². The topological polar surface area (TPSA) is 0 Å². The van der Waals surface area contributed by atoms with Crippen LogP contribution in [0.4, 0.5) is 0 Å². The maximum absolute atomic E-state index is 2.61. The first-order chi connectivity index (χ1) is 2.41. The molecule has 4 heteroatoms. The van der Waals surface area contributed by atoms with Crippen LogP contribution >= 0.6 is 35.1 Å². The van der Waals surface area contributed by atoms with Crippen molar-refractivity contribution in [1.82, 2.24) is 0 Å². The van der Waals surface area contributed by atoms with E-state index in [1.807, 2.05) is 0 Å². The monoisotopic (exact) mass is 146 g/mol. The van der Waals surface area contributed by atoms with Crippen molar-refractivity contribution in [3.63, 3.8) is 0 Å². The third kappa shape index (κ3) is 26.8. The van der Waals surface area contributed by atoms with Crippen molar-refractivity contribution in [1.29, 1.82) is 0 Å². The van der Waals surface area contributed by atoms with Gasteiger partial charge in [-0.2, -0.15) is 0 Å². The molecule has 0 aliphatic rings. The molecule has 5 heavy (non-hydrogen) atoms. The van der Waals surface area contributed by atoms with E-state index in [1.165, 1.54) is 0 Å². The minimum atomic E-state index is 1.00. The number of rotatable bonds is 0. The Morgan fingerprint density at radius 1 is 1.40 bits per heavy atom. The van der Waals surface area contributed by atoms with Gasteiger partial charge < -0.3 is 0 Å². The molecule has 0 N–H and O–H groups in total. The van der Waals surface area contributed by atoms with Crippen LogP contribution in [0.1, 0.15) is 0 Å². The summed E-state index contributed by atoms with van der Waals surface area (Å²) in [5, 5.41) is 0. The smallest absolute Gasteiger partial charge is 0.0438 e. The molecule has 0 nitrogen and oxygen atoms in total. The quantitative estimate of drug-likeness (QED) is 0.456. The summed E-state index contributed by atoms with van der Waals surface area (Å²) in [5.41, 5.74) is 0. The Labute approximate surface area is 42.4 Å². The van der Waals surface area contributed by atoms with Crippen molar-refractivity contribution in [3.8, 4) is 0 Å². The molecular weight excluding hydrogens is 136 g/mol. The van der Waals surface area contributed by atoms with Crippen LogP contribution in [0.2, 0.25) is 0 Å². The molecule has 0 aromatic rings. The lowest BCUT2D eigenvalue weighted by atomic mass is 12.0. The summed E-state index contributed by atoms with van der Waals surface area (Å²) in [4.78, 5) is 0. The van der Waals surface area contributed by atoms with Crippen LogP contribution in [-0.4, -0.2) is 6.66 Å². The SMILES string of the molecule is CPP.PP. The van der Waals surface area contributed by atoms with Gasteiger partial charge >= 0.3 is 0 Å². The fourth-order valence-electron chi connectivity index (χ4n) is 0. The molecule has 0 heterocycles. The Morgan fingerprint density at radius 3 is 1.40 bits per heavy atom. The third-order valence-electron chi connectivity index (χ3n) is 0. The first kappa shape index (κ1) is 9.87. The highest BCUT2D eigenvalue weighted by Gasteiger charge is 1.32. The van der Waals surface area contributed by atoms with Gasteiger partial charge in [0.05, 0.1) is 0 Å². The van der Waals surface area contributed by atoms with E-state index >= 15 is 0 Å². The van der Waals surface area contributed by atoms with Crippen molar-refractivity contribution in [2.45, 2.75) is 0 Å². The van der Waals surface area contributed by atoms with Gasteiger partial charge in [0.1, 0.15) is 0 Å². The van der Waals surface area contributed by atoms with Gasteiger partial charge in [0.15, 0.2) is 0 Å². The molecule has 0 aliphatic carbocycles. The van der Waals surface area contributed by atoms with E-state index in [0.717, 1.165) is 8.27 Å². The minimum Gasteiger partial charge on any atom is -0.118 e. The van der Waals surface area contributed by atoms with Gasteiger partial charge in [-0.1, -0.05) is 0 Å². The molecule has 34 valence electrons. The number of hydrogen-bond acceptors (Lipinski definition) is 0. The van der Waals surface area contributed by atoms with Crippen LogP contribution in [0.15, 0.2) is 0 Å². The van der Waals surface area contributed by atoms with Crippen LogP contribution < -0.4 is 0 Å². The Balaban J connectivity index is 0. The van der Waals surface area contributed by atoms with Crippen molar-refractivity contribution < 1.29 is 0 Å². The molecule has 0 spiro atoms. The van der Waals surface area contributed by atoms with Crippen LogP contribution in [0.3, 0.4) is 0 Å². The lowest BCUT2D eigenvalue weighted by Gasteiger charge is -1.51. The highest BCUT2D eigenvalue weighted by atomic mass is 32.0. The normalized spacial score (nSPS) is 7.20. The first-order valence-corrected chi connectivity index (χ1v) is 7.10. The molecule has 0 rings (SSSR count). The average molecular weight is 146 g/mol. The zero-order valence-electron chi connectivity index (χ0n) is 3.23. The average Bonchev–Trinajstić information content (AvgIpc) is 1.46. The maximum atomic E-state index is 2.61. The Morgan fingerprint density at radius 2 is 1.40 bits per heavy atom. The second kappa shape index (κ2) is 17.2. The first-order valence-electron chi connectivity index (χ1n) is 1.12. The van der Waals surface area contributed by atoms with Crippen LogP contribution in [0.25, 0.3) is 0 Å². The summed E-state index contributed by atoms with van der Waals surface area (Å²) in [7, 11) is 8.27. The summed E-state index contributed by atoms with van der Waals surface area (Å²) >= 11 is 0. The molecule has 4 unspecified atom stereocenters. The summed E-state index contributed by atoms with van der Waals surface area (Å²) in [6.07, 6.45) is 0. The Kier molecular flexibility index (Phi) is 34.0. The molecule has 0 fully saturated rings. The van der Waals surface area contributed by atoms with Crippen LogP contribution in [0.5, 0.6) is 0 Å². The molecule has 0 radical (unpaired) electrons. The van der Waals surface area contributed by atoms with Gasteiger partial charge in [-0.15, -0.1) is 35.1 Å². The standard InChI is InChI=1S/CH6P2.H4P2/c1-3-2;1-2/h3H,2H2,1H3;1-2H2. The van der Waals surface area contributed by atoms with Crippen LogP contribution in [0, 0.1) is 0 Å². The van der Waals surface area contributed by atoms with E-state index < -0.39 is 0 Å². The summed E-state index contributed by atoms with van der Waals surface area (Å²) in [6, 6.07) is 0. The highest BCUT2D eigenvalue weighted by molar-refractivity contribution is 8.02. The van der Waals surface area contributed by atoms with E-state index in [2.05, 4.69) is 33.5 Å². The summed E-state index contributed by atoms with van der Waals surface area (Å²) < 4.78 is 0. The highest BCUT2D eigenvalue weighted by Crippen LogP contribution is 2.10. The maximum Gasteiger partial charge on any atom is -0.0438 e. The lowest BCUT2D eigenvalue weighted by molar-refractivity contribution is 2.51. The van der Waals surface area contributed by atoms with E-state index in [9.17, 15) is 0 Å². The minimum absolute atomic E-state index is 1.00. The van der Waals surface area contributed by atoms with E-state index in [-0.39, 0.29) is 0 Å². The van der Waals surface area contributed by atoms with Crippen molar-refractivity contribution >= 4 is 35.1 Å². The van der Waals surface area contributed by atoms with Gasteiger partial charge in [0.25, 0.3) is 0 Å². The van der Waals surface area contributed by atoms with Crippen molar-refractivity contribution in [2.24, 2.45) is 0 Å². The largest absolute Gasteiger partial charge is 0.118 e. The van der Waals surface area contributed by atoms with Gasteiger partial charge in [-0.05, 0) is 6.66 Å². The zero-order valence-corrected chi connectivity index (χ0v) is 7.70. The number of hydrogen-bond donors (Lipinski definition) is 0. The van der Waals surface area contributed by atoms with Crippen LogP contribution in [-0.2, 0) is 0 Å². The molecule has 0 amide bonds. The third-order valence-corrected chi connectivity index (χ3v) is 0. The summed E-state index contributed by atoms with van der Waals surface area (Å²) in [5.74, 6) is 0. The lowest BCUT2D eigenvalue weighted by Crippen LogP contribution is -0.976. The predicted octanol–water partition coefficient (Wildman–Crippen LogP) is 1.74. The van der Waals surface area contributed by atoms with E-state index in [4.69, 9.17) is 0 Å². The fourth-order valence-corrected chi connectivity index (χ4v) is 0. The van der Waals surface area contributed by atoms with Gasteiger partial charge in [0.2, 0.25) is 0 Å². The predicted molar refractivity (Wildman–Crippen MR) is 43.4 cm³/mol. The molecule has 0 aliphatic heterocycles. The van der Waals surface area contributed by atoms with E-state index in [0.29, 0.717) is 0 Å². The molecule has 0 aromatic carbocycles. The second-order valence-electron chi connectivity index (χ2n) is 0.289.